The number of H-pyrrole nitrogens is 1. The number of nitrogens with zero attached hydrogens (tertiary/aromatic N) is 4. The van der Waals surface area contributed by atoms with Gasteiger partial charge in [-0.3, -0.25) is 19.1 Å². The molecule has 33 heavy (non-hydrogen) atoms. The summed E-state index contributed by atoms with van der Waals surface area (Å²) in [7, 11) is 1.49. The molecule has 0 spiro atoms. The summed E-state index contributed by atoms with van der Waals surface area (Å²) in [6.45, 7) is 4.29. The zero-order chi connectivity index (χ0) is 24.0. The summed E-state index contributed by atoms with van der Waals surface area (Å²) in [5.74, 6) is -0.361. The first-order valence-corrected chi connectivity index (χ1v) is 10.6. The molecule has 11 nitrogen and oxygen atoms in total. The Bertz CT molecular complexity index is 1200. The first-order chi connectivity index (χ1) is 15.8. The number of anilines is 3. The van der Waals surface area contributed by atoms with Crippen LogP contribution in [0.15, 0.2) is 52.3 Å². The SMILES string of the molecule is COCCN(C(=O)CNc1ccccc1-n1cccn1)c1c(N)n(CC(C)C)c(=O)[nH]c1=O. The van der Waals surface area contributed by atoms with Gasteiger partial charge in [-0.2, -0.15) is 5.10 Å². The van der Waals surface area contributed by atoms with Crippen molar-refractivity contribution < 1.29 is 9.53 Å². The molecule has 0 saturated heterocycles. The number of amides is 1. The van der Waals surface area contributed by atoms with Crippen LogP contribution >= 0.6 is 0 Å². The fourth-order valence-corrected chi connectivity index (χ4v) is 3.43. The maximum absolute atomic E-state index is 13.2. The van der Waals surface area contributed by atoms with Crippen LogP contribution < -0.4 is 27.2 Å². The Labute approximate surface area is 190 Å². The van der Waals surface area contributed by atoms with Crippen molar-refractivity contribution in [2.24, 2.45) is 5.92 Å². The third-order valence-corrected chi connectivity index (χ3v) is 4.94. The van der Waals surface area contributed by atoms with Gasteiger partial charge >= 0.3 is 5.69 Å². The second-order valence-corrected chi connectivity index (χ2v) is 7.86. The average molecular weight is 456 g/mol. The summed E-state index contributed by atoms with van der Waals surface area (Å²) in [5, 5.41) is 7.34. The number of ether oxygens (including phenoxy) is 1. The molecule has 2 aromatic heterocycles. The number of aromatic amines is 1. The van der Waals surface area contributed by atoms with Gasteiger partial charge in [-0.25, -0.2) is 9.48 Å². The molecule has 1 amide bonds. The number of benzene rings is 1. The summed E-state index contributed by atoms with van der Waals surface area (Å²) in [4.78, 5) is 41.7. The lowest BCUT2D eigenvalue weighted by atomic mass is 10.2. The van der Waals surface area contributed by atoms with Gasteiger partial charge in [0, 0.05) is 32.6 Å². The highest BCUT2D eigenvalue weighted by Crippen LogP contribution is 2.21. The topological polar surface area (TPSA) is 140 Å². The summed E-state index contributed by atoms with van der Waals surface area (Å²) in [5.41, 5.74) is 6.26. The van der Waals surface area contributed by atoms with Gasteiger partial charge in [-0.1, -0.05) is 26.0 Å². The van der Waals surface area contributed by atoms with Crippen LogP contribution in [0.1, 0.15) is 13.8 Å². The van der Waals surface area contributed by atoms with Crippen LogP contribution in [-0.2, 0) is 16.1 Å². The molecule has 0 unspecified atom stereocenters. The highest BCUT2D eigenvalue weighted by atomic mass is 16.5. The van der Waals surface area contributed by atoms with Crippen LogP contribution in [0.2, 0.25) is 0 Å². The molecule has 0 aliphatic heterocycles. The highest BCUT2D eigenvalue weighted by molar-refractivity contribution is 5.98. The molecule has 3 rings (SSSR count). The summed E-state index contributed by atoms with van der Waals surface area (Å²) in [6, 6.07) is 9.20. The van der Waals surface area contributed by atoms with E-state index in [1.54, 1.807) is 23.1 Å². The number of carbonyl (C=O) groups excluding carboxylic acids is 1. The molecule has 2 heterocycles. The predicted molar refractivity (Wildman–Crippen MR) is 127 cm³/mol. The van der Waals surface area contributed by atoms with Crippen molar-refractivity contribution in [3.63, 3.8) is 0 Å². The number of nitrogens with one attached hydrogen (secondary N) is 2. The smallest absolute Gasteiger partial charge is 0.330 e. The van der Waals surface area contributed by atoms with E-state index in [4.69, 9.17) is 10.5 Å². The van der Waals surface area contributed by atoms with Gasteiger partial charge in [-0.15, -0.1) is 0 Å². The van der Waals surface area contributed by atoms with Crippen molar-refractivity contribution in [2.75, 3.05) is 42.8 Å². The van der Waals surface area contributed by atoms with Crippen LogP contribution in [0.3, 0.4) is 0 Å². The van der Waals surface area contributed by atoms with Gasteiger partial charge in [0.2, 0.25) is 5.91 Å². The van der Waals surface area contributed by atoms with E-state index < -0.39 is 17.2 Å². The van der Waals surface area contributed by atoms with Gasteiger partial charge in [0.25, 0.3) is 5.56 Å². The second-order valence-electron chi connectivity index (χ2n) is 7.86. The van der Waals surface area contributed by atoms with Crippen molar-refractivity contribution in [3.05, 3.63) is 63.6 Å². The van der Waals surface area contributed by atoms with Gasteiger partial charge in [0.15, 0.2) is 5.69 Å². The Hall–Kier alpha value is -3.86. The van der Waals surface area contributed by atoms with Crippen molar-refractivity contribution in [1.82, 2.24) is 19.3 Å². The molecule has 0 bridgehead atoms. The van der Waals surface area contributed by atoms with Gasteiger partial charge in [0.1, 0.15) is 5.82 Å². The van der Waals surface area contributed by atoms with Crippen LogP contribution in [0.4, 0.5) is 17.2 Å². The number of nitrogens with two attached hydrogens (primary N) is 1. The molecule has 3 aromatic rings. The molecule has 0 radical (unpaired) electrons. The molecule has 0 fully saturated rings. The van der Waals surface area contributed by atoms with E-state index in [1.807, 2.05) is 38.1 Å². The zero-order valence-corrected chi connectivity index (χ0v) is 18.9. The Morgan fingerprint density at radius 3 is 2.70 bits per heavy atom. The zero-order valence-electron chi connectivity index (χ0n) is 18.9. The van der Waals surface area contributed by atoms with Crippen molar-refractivity contribution >= 4 is 23.1 Å². The maximum Gasteiger partial charge on any atom is 0.330 e. The molecule has 176 valence electrons. The molecule has 0 atom stereocenters. The van der Waals surface area contributed by atoms with Crippen molar-refractivity contribution in [3.8, 4) is 5.69 Å². The van der Waals surface area contributed by atoms with Crippen LogP contribution in [-0.4, -0.2) is 52.0 Å². The van der Waals surface area contributed by atoms with E-state index >= 15 is 0 Å². The minimum atomic E-state index is -0.723. The molecule has 4 N–H and O–H groups in total. The minimum absolute atomic E-state index is 0.0566. The number of nitrogen functional groups attached to an aromatic ring is 1. The van der Waals surface area contributed by atoms with Crippen molar-refractivity contribution in [1.29, 1.82) is 0 Å². The Morgan fingerprint density at radius 2 is 2.03 bits per heavy atom. The lowest BCUT2D eigenvalue weighted by molar-refractivity contribution is -0.117. The van der Waals surface area contributed by atoms with E-state index in [1.165, 1.54) is 16.6 Å². The first kappa shape index (κ1) is 23.8. The normalized spacial score (nSPS) is 11.0. The third kappa shape index (κ3) is 5.50. The van der Waals surface area contributed by atoms with Gasteiger partial charge in [-0.05, 0) is 24.1 Å². The molecule has 11 heteroatoms. The summed E-state index contributed by atoms with van der Waals surface area (Å²) < 4.78 is 8.08. The molecule has 1 aromatic carbocycles. The molecular formula is C22H29N7O4. The van der Waals surface area contributed by atoms with E-state index in [-0.39, 0.29) is 37.1 Å². The lowest BCUT2D eigenvalue weighted by Crippen LogP contribution is -2.44. The Balaban J connectivity index is 1.91. The van der Waals surface area contributed by atoms with E-state index in [9.17, 15) is 14.4 Å². The number of methoxy groups -OCH3 is 1. The minimum Gasteiger partial charge on any atom is -0.383 e. The monoisotopic (exact) mass is 455 g/mol. The lowest BCUT2D eigenvalue weighted by Gasteiger charge is -2.25. The highest BCUT2D eigenvalue weighted by Gasteiger charge is 2.24. The van der Waals surface area contributed by atoms with Crippen LogP contribution in [0, 0.1) is 5.92 Å². The molecule has 0 aliphatic rings. The first-order valence-electron chi connectivity index (χ1n) is 10.6. The number of carbonyl (C=O) groups is 1. The number of para-hydroxylation sites is 2. The average Bonchev–Trinajstić information content (AvgIpc) is 3.32. The largest absolute Gasteiger partial charge is 0.383 e. The Morgan fingerprint density at radius 1 is 1.27 bits per heavy atom. The fraction of sp³-hybridized carbons (Fsp3) is 0.364. The predicted octanol–water partition coefficient (Wildman–Crippen LogP) is 1.05. The number of hydrogen-bond donors (Lipinski definition) is 3. The quantitative estimate of drug-likeness (QED) is 0.415. The fourth-order valence-electron chi connectivity index (χ4n) is 3.43. The third-order valence-electron chi connectivity index (χ3n) is 4.94. The van der Waals surface area contributed by atoms with Gasteiger partial charge < -0.3 is 20.7 Å². The van der Waals surface area contributed by atoms with E-state index in [0.29, 0.717) is 12.2 Å². The number of hydrogen-bond acceptors (Lipinski definition) is 7. The summed E-state index contributed by atoms with van der Waals surface area (Å²) in [6.07, 6.45) is 3.46. The van der Waals surface area contributed by atoms with Gasteiger partial charge in [0.05, 0.1) is 24.5 Å². The maximum atomic E-state index is 13.2. The van der Waals surface area contributed by atoms with Crippen LogP contribution in [0.5, 0.6) is 0 Å². The molecular weight excluding hydrogens is 426 g/mol. The standard InChI is InChI=1S/C22H29N7O4/c1-15(2)14-28-20(23)19(21(31)26-22(28)32)27(11-12-33-3)18(30)13-24-16-7-4-5-8-17(16)29-10-6-9-25-29/h4-10,15,24H,11-14,23H2,1-3H3,(H,26,31,32). The van der Waals surface area contributed by atoms with Crippen molar-refractivity contribution in [2.45, 2.75) is 20.4 Å². The van der Waals surface area contributed by atoms with E-state index in [2.05, 4.69) is 15.4 Å². The van der Waals surface area contributed by atoms with Crippen LogP contribution in [0.25, 0.3) is 5.69 Å². The molecule has 0 aliphatic carbocycles. The number of rotatable bonds is 10. The van der Waals surface area contributed by atoms with E-state index in [0.717, 1.165) is 5.69 Å². The Kier molecular flexibility index (Phi) is 7.67. The number of aromatic nitrogens is 4. The molecule has 0 saturated carbocycles. The second kappa shape index (κ2) is 10.6. The summed E-state index contributed by atoms with van der Waals surface area (Å²) >= 11 is 0.